The largest absolute Gasteiger partial charge is 0.328 e. The van der Waals surface area contributed by atoms with Gasteiger partial charge in [-0.05, 0) is 12.5 Å². The molecule has 22 heavy (non-hydrogen) atoms. The van der Waals surface area contributed by atoms with Crippen LogP contribution in [-0.2, 0) is 6.54 Å². The fourth-order valence-corrected chi connectivity index (χ4v) is 2.79. The molecule has 2 aromatic carbocycles. The lowest BCUT2D eigenvalue weighted by Crippen LogP contribution is -3.13. The second kappa shape index (κ2) is 7.23. The minimum absolute atomic E-state index is 1.03. The number of nitrogens with one attached hydrogen (secondary N) is 1. The average molecular weight is 294 g/mol. The van der Waals surface area contributed by atoms with Crippen molar-refractivity contribution in [3.8, 4) is 0 Å². The summed E-state index contributed by atoms with van der Waals surface area (Å²) < 4.78 is 0. The van der Waals surface area contributed by atoms with E-state index in [9.17, 15) is 0 Å². The van der Waals surface area contributed by atoms with E-state index >= 15 is 0 Å². The van der Waals surface area contributed by atoms with E-state index < -0.39 is 0 Å². The predicted octanol–water partition coefficient (Wildman–Crippen LogP) is 1.73. The van der Waals surface area contributed by atoms with Gasteiger partial charge in [-0.1, -0.05) is 60.2 Å². The Morgan fingerprint density at radius 1 is 1.00 bits per heavy atom. The predicted molar refractivity (Wildman–Crippen MR) is 91.2 cm³/mol. The van der Waals surface area contributed by atoms with Gasteiger partial charge in [0.15, 0.2) is 0 Å². The van der Waals surface area contributed by atoms with Crippen LogP contribution in [0.15, 0.2) is 59.7 Å². The molecule has 0 aromatic heterocycles. The maximum Gasteiger partial charge on any atom is 0.103 e. The minimum Gasteiger partial charge on any atom is -0.328 e. The van der Waals surface area contributed by atoms with Crippen LogP contribution in [0.4, 0.5) is 0 Å². The van der Waals surface area contributed by atoms with Crippen LogP contribution in [0.25, 0.3) is 0 Å². The molecular weight excluding hydrogens is 270 g/mol. The summed E-state index contributed by atoms with van der Waals surface area (Å²) in [6.45, 7) is 7.60. The Hall–Kier alpha value is -2.13. The zero-order chi connectivity index (χ0) is 15.2. The van der Waals surface area contributed by atoms with Gasteiger partial charge in [0.05, 0.1) is 32.4 Å². The van der Waals surface area contributed by atoms with E-state index in [4.69, 9.17) is 0 Å². The van der Waals surface area contributed by atoms with E-state index in [0.29, 0.717) is 0 Å². The van der Waals surface area contributed by atoms with Crippen LogP contribution < -0.4 is 4.90 Å². The van der Waals surface area contributed by atoms with Crippen LogP contribution in [0.2, 0.25) is 0 Å². The number of rotatable bonds is 4. The van der Waals surface area contributed by atoms with Crippen molar-refractivity contribution in [1.82, 2.24) is 5.01 Å². The molecule has 3 heteroatoms. The molecule has 1 aliphatic rings. The van der Waals surface area contributed by atoms with Gasteiger partial charge in [0.2, 0.25) is 0 Å². The topological polar surface area (TPSA) is 20.0 Å². The molecule has 114 valence electrons. The first-order chi connectivity index (χ1) is 10.8. The Morgan fingerprint density at radius 2 is 1.68 bits per heavy atom. The van der Waals surface area contributed by atoms with Gasteiger partial charge < -0.3 is 4.90 Å². The van der Waals surface area contributed by atoms with E-state index in [1.54, 1.807) is 4.90 Å². The molecule has 1 fully saturated rings. The van der Waals surface area contributed by atoms with Crippen LogP contribution in [0.1, 0.15) is 16.7 Å². The summed E-state index contributed by atoms with van der Waals surface area (Å²) in [5.41, 5.74) is 3.88. The van der Waals surface area contributed by atoms with Crippen LogP contribution in [0.5, 0.6) is 0 Å². The highest BCUT2D eigenvalue weighted by Gasteiger charge is 2.18. The van der Waals surface area contributed by atoms with Gasteiger partial charge in [-0.2, -0.15) is 5.10 Å². The van der Waals surface area contributed by atoms with E-state index in [-0.39, 0.29) is 0 Å². The second-order valence-corrected chi connectivity index (χ2v) is 6.02. The standard InChI is InChI=1S/C19H23N3/c1-17-7-9-18(10-8-17)15-20-22-13-11-21(12-14-22)16-19-5-3-2-4-6-19/h2-10,15H,11-14,16H2,1H3/p+1. The molecule has 2 aromatic rings. The van der Waals surface area contributed by atoms with Crippen molar-refractivity contribution in [2.75, 3.05) is 26.2 Å². The van der Waals surface area contributed by atoms with Gasteiger partial charge in [-0.15, -0.1) is 0 Å². The number of nitrogens with zero attached hydrogens (tertiary/aromatic N) is 2. The molecule has 3 rings (SSSR count). The van der Waals surface area contributed by atoms with Crippen LogP contribution in [0, 0.1) is 6.92 Å². The molecule has 1 N–H and O–H groups in total. The first-order valence-electron chi connectivity index (χ1n) is 8.03. The van der Waals surface area contributed by atoms with Crippen molar-refractivity contribution < 1.29 is 4.90 Å². The first-order valence-corrected chi connectivity index (χ1v) is 8.03. The first kappa shape index (κ1) is 14.8. The van der Waals surface area contributed by atoms with Crippen LogP contribution >= 0.6 is 0 Å². The van der Waals surface area contributed by atoms with Crippen molar-refractivity contribution in [2.24, 2.45) is 5.10 Å². The minimum atomic E-state index is 1.03. The Kier molecular flexibility index (Phi) is 4.86. The molecule has 0 atom stereocenters. The third-order valence-electron chi connectivity index (χ3n) is 4.19. The average Bonchev–Trinajstić information content (AvgIpc) is 2.57. The monoisotopic (exact) mass is 294 g/mol. The molecule has 0 bridgehead atoms. The number of quaternary nitrogens is 1. The number of aryl methyl sites for hydroxylation is 1. The molecule has 1 heterocycles. The molecule has 0 radical (unpaired) electrons. The van der Waals surface area contributed by atoms with Crippen molar-refractivity contribution in [3.05, 3.63) is 71.3 Å². The van der Waals surface area contributed by atoms with Gasteiger partial charge in [-0.3, -0.25) is 5.01 Å². The Balaban J connectivity index is 1.48. The summed E-state index contributed by atoms with van der Waals surface area (Å²) in [6, 6.07) is 19.3. The highest BCUT2D eigenvalue weighted by atomic mass is 15.5. The van der Waals surface area contributed by atoms with Gasteiger partial charge in [0.25, 0.3) is 0 Å². The second-order valence-electron chi connectivity index (χ2n) is 6.02. The third-order valence-corrected chi connectivity index (χ3v) is 4.19. The summed E-state index contributed by atoms with van der Waals surface area (Å²) >= 11 is 0. The summed E-state index contributed by atoms with van der Waals surface area (Å²) in [6.07, 6.45) is 1.97. The zero-order valence-electron chi connectivity index (χ0n) is 13.2. The quantitative estimate of drug-likeness (QED) is 0.852. The van der Waals surface area contributed by atoms with Crippen molar-refractivity contribution in [2.45, 2.75) is 13.5 Å². The fourth-order valence-electron chi connectivity index (χ4n) is 2.79. The Bertz CT molecular complexity index is 596. The number of piperazine rings is 1. The van der Waals surface area contributed by atoms with Gasteiger partial charge >= 0.3 is 0 Å². The third kappa shape index (κ3) is 4.18. The lowest BCUT2D eigenvalue weighted by atomic mass is 10.2. The number of hydrogen-bond donors (Lipinski definition) is 1. The van der Waals surface area contributed by atoms with E-state index in [2.05, 4.69) is 71.6 Å². The van der Waals surface area contributed by atoms with E-state index in [1.165, 1.54) is 16.7 Å². The lowest BCUT2D eigenvalue weighted by molar-refractivity contribution is -0.918. The summed E-state index contributed by atoms with van der Waals surface area (Å²) in [4.78, 5) is 1.65. The molecule has 0 unspecified atom stereocenters. The molecule has 0 saturated carbocycles. The zero-order valence-corrected chi connectivity index (χ0v) is 13.2. The lowest BCUT2D eigenvalue weighted by Gasteiger charge is -2.30. The normalized spacial score (nSPS) is 16.3. The molecule has 0 spiro atoms. The Labute approximate surface area is 132 Å². The summed E-state index contributed by atoms with van der Waals surface area (Å²) in [5.74, 6) is 0. The maximum absolute atomic E-state index is 4.62. The highest BCUT2D eigenvalue weighted by Crippen LogP contribution is 2.01. The fraction of sp³-hybridized carbons (Fsp3) is 0.316. The number of benzene rings is 2. The van der Waals surface area contributed by atoms with Gasteiger partial charge in [-0.25, -0.2) is 0 Å². The molecular formula is C19H24N3+. The highest BCUT2D eigenvalue weighted by molar-refractivity contribution is 5.79. The summed E-state index contributed by atoms with van der Waals surface area (Å²) in [5, 5.41) is 6.81. The Morgan fingerprint density at radius 3 is 2.36 bits per heavy atom. The maximum atomic E-state index is 4.62. The van der Waals surface area contributed by atoms with Gasteiger partial charge in [0, 0.05) is 5.56 Å². The SMILES string of the molecule is Cc1ccc(C=NN2CC[NH+](Cc3ccccc3)CC2)cc1. The van der Waals surface area contributed by atoms with Gasteiger partial charge in [0.1, 0.15) is 6.54 Å². The molecule has 0 aliphatic carbocycles. The van der Waals surface area contributed by atoms with Crippen LogP contribution in [0.3, 0.4) is 0 Å². The number of hydrazone groups is 1. The molecule has 0 amide bonds. The van der Waals surface area contributed by atoms with E-state index in [0.717, 1.165) is 32.7 Å². The molecule has 1 saturated heterocycles. The summed E-state index contributed by atoms with van der Waals surface area (Å²) in [7, 11) is 0. The molecule has 3 nitrogen and oxygen atoms in total. The molecule has 1 aliphatic heterocycles. The van der Waals surface area contributed by atoms with Crippen molar-refractivity contribution in [1.29, 1.82) is 0 Å². The smallest absolute Gasteiger partial charge is 0.103 e. The van der Waals surface area contributed by atoms with Crippen molar-refractivity contribution >= 4 is 6.21 Å². The van der Waals surface area contributed by atoms with Crippen LogP contribution in [-0.4, -0.2) is 37.4 Å². The number of hydrogen-bond acceptors (Lipinski definition) is 2. The van der Waals surface area contributed by atoms with Crippen molar-refractivity contribution in [3.63, 3.8) is 0 Å². The van der Waals surface area contributed by atoms with E-state index in [1.807, 2.05) is 6.21 Å².